The third kappa shape index (κ3) is 8.59. The quantitative estimate of drug-likeness (QED) is 0.240. The van der Waals surface area contributed by atoms with Crippen LogP contribution in [0.25, 0.3) is 0 Å². The first-order valence-corrected chi connectivity index (χ1v) is 13.5. The van der Waals surface area contributed by atoms with E-state index in [2.05, 4.69) is 45.0 Å². The Morgan fingerprint density at radius 1 is 1.03 bits per heavy atom. The normalized spacial score (nSPS) is 11.7. The summed E-state index contributed by atoms with van der Waals surface area (Å²) in [6.07, 6.45) is 4.63. The second-order valence-corrected chi connectivity index (χ2v) is 10.2. The number of aryl methyl sites for hydroxylation is 1. The van der Waals surface area contributed by atoms with Crippen LogP contribution in [-0.2, 0) is 31.1 Å². The third-order valence-corrected chi connectivity index (χ3v) is 6.77. The second-order valence-electron chi connectivity index (χ2n) is 10.2. The molecule has 3 rings (SSSR count). The maximum absolute atomic E-state index is 13.6. The van der Waals surface area contributed by atoms with E-state index >= 15 is 0 Å². The van der Waals surface area contributed by atoms with Crippen molar-refractivity contribution in [1.29, 1.82) is 0 Å². The predicted octanol–water partition coefficient (Wildman–Crippen LogP) is 3.01. The largest absolute Gasteiger partial charge is 1.00 e. The van der Waals surface area contributed by atoms with E-state index in [4.69, 9.17) is 4.74 Å². The molecule has 2 aromatic carbocycles. The Hall–Kier alpha value is -2.34. The smallest absolute Gasteiger partial charge is 0.550 e. The zero-order valence-electron chi connectivity index (χ0n) is 23.9. The first-order chi connectivity index (χ1) is 17.7. The van der Waals surface area contributed by atoms with Crippen LogP contribution in [0, 0.1) is 5.92 Å². The van der Waals surface area contributed by atoms with Gasteiger partial charge in [0.15, 0.2) is 5.78 Å². The molecule has 1 aromatic heterocycles. The summed E-state index contributed by atoms with van der Waals surface area (Å²) in [5, 5.41) is 10.8. The van der Waals surface area contributed by atoms with Gasteiger partial charge in [-0.25, -0.2) is 0 Å². The Bertz CT molecular complexity index is 1200. The first-order valence-electron chi connectivity index (χ1n) is 13.5. The van der Waals surface area contributed by atoms with Gasteiger partial charge in [0, 0.05) is 35.5 Å². The number of ketones is 1. The molecule has 0 aliphatic heterocycles. The van der Waals surface area contributed by atoms with Crippen molar-refractivity contribution in [3.8, 4) is 5.75 Å². The van der Waals surface area contributed by atoms with Crippen molar-refractivity contribution >= 4 is 11.8 Å². The van der Waals surface area contributed by atoms with Crippen molar-refractivity contribution in [2.24, 2.45) is 13.0 Å². The Balaban J connectivity index is 0.00000507. The van der Waals surface area contributed by atoms with Crippen LogP contribution < -0.4 is 39.4 Å². The number of carbonyl (C=O) groups excluding carboxylic acids is 2. The number of aromatic nitrogens is 1. The zero-order valence-corrected chi connectivity index (χ0v) is 25.9. The summed E-state index contributed by atoms with van der Waals surface area (Å²) in [6.45, 7) is 8.62. The fourth-order valence-corrected chi connectivity index (χ4v) is 4.90. The Labute approximate surface area is 249 Å². The SMILES string of the molecule is CCCC(Oc1cccc(C(=O)c2cc(CCCC(=O)[O-])n(C)c2CC)c1)c1ccc(CC(C)C)cc1.[Na+]. The van der Waals surface area contributed by atoms with Crippen molar-refractivity contribution in [2.75, 3.05) is 0 Å². The van der Waals surface area contributed by atoms with Crippen LogP contribution in [0.3, 0.4) is 0 Å². The summed E-state index contributed by atoms with van der Waals surface area (Å²) in [5.41, 5.74) is 5.62. The van der Waals surface area contributed by atoms with Crippen LogP contribution in [0.1, 0.15) is 97.9 Å². The molecule has 1 atom stereocenters. The van der Waals surface area contributed by atoms with E-state index in [0.717, 1.165) is 36.2 Å². The van der Waals surface area contributed by atoms with Gasteiger partial charge in [0.2, 0.25) is 0 Å². The molecule has 0 bridgehead atoms. The number of ether oxygens (including phenoxy) is 1. The van der Waals surface area contributed by atoms with E-state index in [-0.39, 0.29) is 47.9 Å². The molecule has 6 heteroatoms. The maximum atomic E-state index is 13.6. The van der Waals surface area contributed by atoms with Crippen LogP contribution >= 0.6 is 0 Å². The average Bonchev–Trinajstić information content (AvgIpc) is 3.18. The van der Waals surface area contributed by atoms with Gasteiger partial charge in [-0.1, -0.05) is 70.5 Å². The topological polar surface area (TPSA) is 71.4 Å². The van der Waals surface area contributed by atoms with Gasteiger partial charge in [0.05, 0.1) is 0 Å². The van der Waals surface area contributed by atoms with Crippen LogP contribution in [0.15, 0.2) is 54.6 Å². The molecule has 0 saturated heterocycles. The second kappa shape index (κ2) is 15.3. The van der Waals surface area contributed by atoms with Crippen LogP contribution in [0.4, 0.5) is 0 Å². The molecule has 0 radical (unpaired) electrons. The minimum atomic E-state index is -1.05. The molecule has 0 amide bonds. The minimum absolute atomic E-state index is 0. The molecular weight excluding hydrogens is 485 g/mol. The van der Waals surface area contributed by atoms with Crippen molar-refractivity contribution < 1.29 is 49.0 Å². The number of carbonyl (C=O) groups is 2. The van der Waals surface area contributed by atoms with E-state index in [1.54, 1.807) is 0 Å². The molecule has 0 N–H and O–H groups in total. The monoisotopic (exact) mass is 525 g/mol. The van der Waals surface area contributed by atoms with Crippen molar-refractivity contribution in [3.63, 3.8) is 0 Å². The zero-order chi connectivity index (χ0) is 26.9. The van der Waals surface area contributed by atoms with E-state index in [0.29, 0.717) is 42.1 Å². The van der Waals surface area contributed by atoms with Crippen molar-refractivity contribution in [1.82, 2.24) is 4.57 Å². The molecule has 1 heterocycles. The molecule has 1 unspecified atom stereocenters. The summed E-state index contributed by atoms with van der Waals surface area (Å²) in [5.74, 6) is 0.198. The summed E-state index contributed by atoms with van der Waals surface area (Å²) in [4.78, 5) is 24.4. The Kier molecular flexibility index (Phi) is 12.8. The van der Waals surface area contributed by atoms with Crippen molar-refractivity contribution in [2.45, 2.75) is 78.7 Å². The van der Waals surface area contributed by atoms with Gasteiger partial charge in [0.1, 0.15) is 11.9 Å². The van der Waals surface area contributed by atoms with E-state index in [1.165, 1.54) is 5.56 Å². The van der Waals surface area contributed by atoms with Gasteiger partial charge in [0.25, 0.3) is 0 Å². The number of nitrogens with zero attached hydrogens (tertiary/aromatic N) is 1. The summed E-state index contributed by atoms with van der Waals surface area (Å²) >= 11 is 0. The molecule has 38 heavy (non-hydrogen) atoms. The van der Waals surface area contributed by atoms with E-state index < -0.39 is 5.97 Å². The standard InChI is InChI=1S/C32H41NO4.Na/c1-6-10-30(24-17-15-23(16-18-24)19-22(3)4)37-27-13-8-11-25(20-27)32(36)28-21-26(12-9-14-31(34)35)33(5)29(28)7-2;/h8,11,13,15-18,20-22,30H,6-7,9-10,12,14,19H2,1-5H3,(H,34,35);/q;+1/p-1. The van der Waals surface area contributed by atoms with Crippen LogP contribution in [0.5, 0.6) is 5.75 Å². The van der Waals surface area contributed by atoms with E-state index in [1.807, 2.05) is 48.9 Å². The first kappa shape index (κ1) is 31.9. The van der Waals surface area contributed by atoms with Gasteiger partial charge in [-0.05, 0) is 73.8 Å². The molecule has 0 fully saturated rings. The van der Waals surface area contributed by atoms with Crippen LogP contribution in [0.2, 0.25) is 0 Å². The molecule has 0 aliphatic carbocycles. The number of hydrogen-bond donors (Lipinski definition) is 0. The number of rotatable bonds is 14. The third-order valence-electron chi connectivity index (χ3n) is 6.77. The Morgan fingerprint density at radius 2 is 1.74 bits per heavy atom. The Morgan fingerprint density at radius 3 is 2.34 bits per heavy atom. The number of carboxylic acid groups (broad SMARTS) is 1. The number of aliphatic carboxylic acids is 1. The van der Waals surface area contributed by atoms with Gasteiger partial charge in [-0.3, -0.25) is 4.79 Å². The molecule has 0 spiro atoms. The molecule has 3 aromatic rings. The molecule has 0 saturated carbocycles. The summed E-state index contributed by atoms with van der Waals surface area (Å²) in [7, 11) is 1.94. The predicted molar refractivity (Wildman–Crippen MR) is 146 cm³/mol. The fourth-order valence-electron chi connectivity index (χ4n) is 4.90. The van der Waals surface area contributed by atoms with E-state index in [9.17, 15) is 14.7 Å². The fraction of sp³-hybridized carbons (Fsp3) is 0.438. The maximum Gasteiger partial charge on any atom is 1.00 e. The van der Waals surface area contributed by atoms with Gasteiger partial charge in [-0.2, -0.15) is 0 Å². The number of hydrogen-bond acceptors (Lipinski definition) is 4. The molecule has 5 nitrogen and oxygen atoms in total. The number of benzene rings is 2. The minimum Gasteiger partial charge on any atom is -0.550 e. The van der Waals surface area contributed by atoms with Gasteiger partial charge >= 0.3 is 29.6 Å². The average molecular weight is 526 g/mol. The van der Waals surface area contributed by atoms with Gasteiger partial charge < -0.3 is 19.2 Å². The number of carboxylic acids is 1. The summed E-state index contributed by atoms with van der Waals surface area (Å²) < 4.78 is 8.45. The summed E-state index contributed by atoms with van der Waals surface area (Å²) in [6, 6.07) is 18.0. The van der Waals surface area contributed by atoms with Gasteiger partial charge in [-0.15, -0.1) is 0 Å². The van der Waals surface area contributed by atoms with Crippen molar-refractivity contribution in [3.05, 3.63) is 88.2 Å². The molecular formula is C32H40NNaO4. The van der Waals surface area contributed by atoms with Crippen LogP contribution in [-0.4, -0.2) is 16.3 Å². The molecule has 0 aliphatic rings. The molecule has 198 valence electrons.